The number of nitrogens with zero attached hydrogens (tertiary/aromatic N) is 3. The highest BCUT2D eigenvalue weighted by molar-refractivity contribution is 5.59. The van der Waals surface area contributed by atoms with Gasteiger partial charge < -0.3 is 19.9 Å². The van der Waals surface area contributed by atoms with Gasteiger partial charge in [0.15, 0.2) is 11.6 Å². The molecule has 0 fully saturated rings. The summed E-state index contributed by atoms with van der Waals surface area (Å²) in [7, 11) is 1.64. The molecule has 0 amide bonds. The number of methoxy groups -OCH3 is 1. The van der Waals surface area contributed by atoms with Crippen molar-refractivity contribution >= 4 is 5.69 Å². The second-order valence-corrected chi connectivity index (χ2v) is 5.83. The number of hydrogen-bond acceptors (Lipinski definition) is 7. The largest absolute Gasteiger partial charge is 0.497 e. The Bertz CT molecular complexity index is 914. The Kier molecular flexibility index (Phi) is 5.71. The molecule has 0 spiro atoms. The number of ether oxygens (including phenoxy) is 3. The maximum absolute atomic E-state index is 5.85. The topological polar surface area (TPSA) is 92.4 Å². The lowest BCUT2D eigenvalue weighted by Crippen LogP contribution is -2.03. The van der Waals surface area contributed by atoms with E-state index in [0.717, 1.165) is 22.6 Å². The van der Waals surface area contributed by atoms with E-state index in [0.29, 0.717) is 36.4 Å². The average molecular weight is 366 g/mol. The van der Waals surface area contributed by atoms with E-state index in [-0.39, 0.29) is 0 Å². The van der Waals surface area contributed by atoms with Crippen molar-refractivity contribution in [2.75, 3.05) is 19.5 Å². The van der Waals surface area contributed by atoms with E-state index >= 15 is 0 Å². The molecule has 0 atom stereocenters. The van der Waals surface area contributed by atoms with E-state index < -0.39 is 0 Å². The summed E-state index contributed by atoms with van der Waals surface area (Å²) in [5.41, 5.74) is 8.80. The summed E-state index contributed by atoms with van der Waals surface area (Å²) >= 11 is 0. The van der Waals surface area contributed by atoms with Crippen molar-refractivity contribution in [1.29, 1.82) is 0 Å². The zero-order chi connectivity index (χ0) is 19.2. The van der Waals surface area contributed by atoms with E-state index in [1.165, 1.54) is 0 Å². The van der Waals surface area contributed by atoms with Crippen molar-refractivity contribution < 1.29 is 14.2 Å². The van der Waals surface area contributed by atoms with E-state index in [1.54, 1.807) is 19.5 Å². The van der Waals surface area contributed by atoms with Crippen molar-refractivity contribution in [3.8, 4) is 28.8 Å². The third kappa shape index (κ3) is 4.44. The molecule has 2 N–H and O–H groups in total. The molecule has 3 aromatic rings. The number of benzene rings is 1. The summed E-state index contributed by atoms with van der Waals surface area (Å²) in [4.78, 5) is 13.1. The van der Waals surface area contributed by atoms with Crippen LogP contribution in [0.1, 0.15) is 18.2 Å². The molecule has 0 bridgehead atoms. The number of aryl methyl sites for hydroxylation is 1. The van der Waals surface area contributed by atoms with Crippen LogP contribution >= 0.6 is 0 Å². The molecule has 0 aliphatic heterocycles. The van der Waals surface area contributed by atoms with Crippen molar-refractivity contribution in [3.63, 3.8) is 0 Å². The van der Waals surface area contributed by atoms with Gasteiger partial charge in [0.05, 0.1) is 31.3 Å². The number of rotatable bonds is 7. The van der Waals surface area contributed by atoms with Crippen LogP contribution in [-0.2, 0) is 6.61 Å². The van der Waals surface area contributed by atoms with E-state index in [9.17, 15) is 0 Å². The van der Waals surface area contributed by atoms with Crippen molar-refractivity contribution in [3.05, 3.63) is 54.0 Å². The molecule has 0 radical (unpaired) electrons. The first-order chi connectivity index (χ1) is 13.1. The Hall–Kier alpha value is -3.35. The summed E-state index contributed by atoms with van der Waals surface area (Å²) in [5, 5.41) is 0. The van der Waals surface area contributed by atoms with Crippen LogP contribution in [0.5, 0.6) is 17.4 Å². The number of aromatic nitrogens is 3. The molecule has 0 aliphatic carbocycles. The van der Waals surface area contributed by atoms with E-state index in [2.05, 4.69) is 15.0 Å². The fourth-order valence-corrected chi connectivity index (χ4v) is 2.41. The highest BCUT2D eigenvalue weighted by atomic mass is 16.5. The maximum atomic E-state index is 5.85. The second-order valence-electron chi connectivity index (χ2n) is 5.83. The Labute approximate surface area is 158 Å². The second kappa shape index (κ2) is 8.35. The smallest absolute Gasteiger partial charge is 0.257 e. The predicted octanol–water partition coefficient (Wildman–Crippen LogP) is 3.42. The normalized spacial score (nSPS) is 10.5. The predicted molar refractivity (Wildman–Crippen MR) is 103 cm³/mol. The minimum absolute atomic E-state index is 0.369. The van der Waals surface area contributed by atoms with Crippen LogP contribution in [0.4, 0.5) is 5.69 Å². The minimum Gasteiger partial charge on any atom is -0.497 e. The number of nitrogen functional groups attached to an aromatic ring is 1. The lowest BCUT2D eigenvalue weighted by atomic mass is 10.2. The van der Waals surface area contributed by atoms with E-state index in [1.807, 2.05) is 44.2 Å². The van der Waals surface area contributed by atoms with Crippen molar-refractivity contribution in [2.45, 2.75) is 20.5 Å². The van der Waals surface area contributed by atoms with Crippen LogP contribution in [0.3, 0.4) is 0 Å². The Morgan fingerprint density at radius 2 is 1.81 bits per heavy atom. The molecule has 3 rings (SSSR count). The molecule has 1 aromatic carbocycles. The SMILES string of the molecule is CCOc1cc(-c2ncc(N)c(C)n2)cnc1OCc1ccc(OC)cc1. The molecule has 0 saturated heterocycles. The van der Waals surface area contributed by atoms with Gasteiger partial charge in [-0.05, 0) is 37.6 Å². The molecule has 140 valence electrons. The van der Waals surface area contributed by atoms with Crippen LogP contribution in [0, 0.1) is 6.92 Å². The van der Waals surface area contributed by atoms with Crippen LogP contribution in [-0.4, -0.2) is 28.7 Å². The average Bonchev–Trinajstić information content (AvgIpc) is 2.69. The molecule has 7 nitrogen and oxygen atoms in total. The maximum Gasteiger partial charge on any atom is 0.257 e. The summed E-state index contributed by atoms with van der Waals surface area (Å²) in [6.07, 6.45) is 3.25. The van der Waals surface area contributed by atoms with E-state index in [4.69, 9.17) is 19.9 Å². The molecule has 0 aliphatic rings. The first-order valence-electron chi connectivity index (χ1n) is 8.58. The van der Waals surface area contributed by atoms with Gasteiger partial charge in [-0.15, -0.1) is 0 Å². The third-order valence-corrected chi connectivity index (χ3v) is 3.93. The lowest BCUT2D eigenvalue weighted by molar-refractivity contribution is 0.259. The van der Waals surface area contributed by atoms with Crippen LogP contribution < -0.4 is 19.9 Å². The van der Waals surface area contributed by atoms with Gasteiger partial charge in [-0.1, -0.05) is 12.1 Å². The van der Waals surface area contributed by atoms with Crippen molar-refractivity contribution in [1.82, 2.24) is 15.0 Å². The molecule has 0 unspecified atom stereocenters. The zero-order valence-corrected chi connectivity index (χ0v) is 15.6. The van der Waals surface area contributed by atoms with Crippen molar-refractivity contribution in [2.24, 2.45) is 0 Å². The number of anilines is 1. The highest BCUT2D eigenvalue weighted by Gasteiger charge is 2.12. The Morgan fingerprint density at radius 1 is 1.04 bits per heavy atom. The summed E-state index contributed by atoms with van der Waals surface area (Å²) < 4.78 is 16.7. The fourth-order valence-electron chi connectivity index (χ4n) is 2.41. The van der Waals surface area contributed by atoms with Gasteiger partial charge in [0.1, 0.15) is 12.4 Å². The van der Waals surface area contributed by atoms with Gasteiger partial charge >= 0.3 is 0 Å². The number of hydrogen-bond donors (Lipinski definition) is 1. The minimum atomic E-state index is 0.369. The summed E-state index contributed by atoms with van der Waals surface area (Å²) in [5.74, 6) is 2.30. The molecular weight excluding hydrogens is 344 g/mol. The quantitative estimate of drug-likeness (QED) is 0.685. The van der Waals surface area contributed by atoms with Gasteiger partial charge in [0.2, 0.25) is 0 Å². The summed E-state index contributed by atoms with van der Waals surface area (Å²) in [6.45, 7) is 4.60. The van der Waals surface area contributed by atoms with Crippen LogP contribution in [0.15, 0.2) is 42.7 Å². The third-order valence-electron chi connectivity index (χ3n) is 3.93. The molecule has 2 heterocycles. The number of pyridine rings is 1. The molecule has 2 aromatic heterocycles. The van der Waals surface area contributed by atoms with Crippen LogP contribution in [0.25, 0.3) is 11.4 Å². The molecule has 7 heteroatoms. The lowest BCUT2D eigenvalue weighted by Gasteiger charge is -2.12. The zero-order valence-electron chi connectivity index (χ0n) is 15.6. The van der Waals surface area contributed by atoms with Gasteiger partial charge in [-0.2, -0.15) is 0 Å². The van der Waals surface area contributed by atoms with Gasteiger partial charge in [-0.3, -0.25) is 0 Å². The fraction of sp³-hybridized carbons (Fsp3) is 0.250. The van der Waals surface area contributed by atoms with Gasteiger partial charge in [-0.25, -0.2) is 15.0 Å². The molecule has 0 saturated carbocycles. The number of nitrogens with two attached hydrogens (primary N) is 1. The standard InChI is InChI=1S/C20H22N4O3/c1-4-26-18-9-15(19-22-11-17(21)13(2)24-19)10-23-20(18)27-12-14-5-7-16(25-3)8-6-14/h5-11H,4,12,21H2,1-3H3. The first-order valence-corrected chi connectivity index (χ1v) is 8.58. The molecule has 27 heavy (non-hydrogen) atoms. The monoisotopic (exact) mass is 366 g/mol. The summed E-state index contributed by atoms with van der Waals surface area (Å²) in [6, 6.07) is 9.49. The molecular formula is C20H22N4O3. The van der Waals surface area contributed by atoms with Gasteiger partial charge in [0.25, 0.3) is 5.88 Å². The first kappa shape index (κ1) is 18.4. The Balaban J connectivity index is 1.81. The van der Waals surface area contributed by atoms with Gasteiger partial charge in [0, 0.05) is 11.8 Å². The van der Waals surface area contributed by atoms with Crippen LogP contribution in [0.2, 0.25) is 0 Å². The highest BCUT2D eigenvalue weighted by Crippen LogP contribution is 2.30. The Morgan fingerprint density at radius 3 is 2.48 bits per heavy atom.